The highest BCUT2D eigenvalue weighted by Crippen LogP contribution is 2.20. The molecule has 0 fully saturated rings. The topological polar surface area (TPSA) is 50.4 Å². The molecular weight excluding hydrogens is 264 g/mol. The van der Waals surface area contributed by atoms with Gasteiger partial charge in [0.2, 0.25) is 0 Å². The van der Waals surface area contributed by atoms with Gasteiger partial charge in [-0.25, -0.2) is 4.79 Å². The molecule has 1 aromatic rings. The third kappa shape index (κ3) is 6.34. The molecule has 106 valence electrons. The van der Waals surface area contributed by atoms with Gasteiger partial charge in [-0.05, 0) is 39.8 Å². The number of nitrogens with one attached hydrogen (secondary N) is 2. The Morgan fingerprint density at radius 1 is 1.37 bits per heavy atom. The summed E-state index contributed by atoms with van der Waals surface area (Å²) < 4.78 is 5.16. The summed E-state index contributed by atoms with van der Waals surface area (Å²) in [5.41, 5.74) is 0.367. The molecule has 0 bridgehead atoms. The van der Waals surface area contributed by atoms with Crippen LogP contribution in [0.15, 0.2) is 24.3 Å². The Bertz CT molecular complexity index is 430. The number of benzene rings is 1. The minimum absolute atomic E-state index is 0.0485. The first-order valence-corrected chi connectivity index (χ1v) is 6.63. The van der Waals surface area contributed by atoms with Gasteiger partial charge in [-0.2, -0.15) is 0 Å². The number of ether oxygens (including phenoxy) is 1. The Balaban J connectivity index is 2.38. The van der Waals surface area contributed by atoms with Gasteiger partial charge in [0.25, 0.3) is 0 Å². The molecule has 5 heteroatoms. The zero-order valence-electron chi connectivity index (χ0n) is 11.8. The van der Waals surface area contributed by atoms with Crippen LogP contribution in [0.4, 0.5) is 10.5 Å². The van der Waals surface area contributed by atoms with E-state index in [9.17, 15) is 4.79 Å². The molecule has 0 saturated heterocycles. The lowest BCUT2D eigenvalue weighted by Gasteiger charge is -2.21. The van der Waals surface area contributed by atoms with Crippen LogP contribution in [0.2, 0.25) is 5.02 Å². The summed E-state index contributed by atoms with van der Waals surface area (Å²) in [4.78, 5) is 11.5. The molecule has 0 spiro atoms. The Hall–Kier alpha value is -1.42. The molecule has 1 aromatic carbocycles. The van der Waals surface area contributed by atoms with Crippen molar-refractivity contribution in [2.24, 2.45) is 0 Å². The molecule has 0 aliphatic carbocycles. The number of anilines is 1. The van der Waals surface area contributed by atoms with E-state index in [4.69, 9.17) is 16.3 Å². The highest BCUT2D eigenvalue weighted by atomic mass is 35.5. The standard InChI is InChI=1S/C14H21ClN2O2/c1-10(9-16-13(18)19-14(2,3)4)17-12-8-6-5-7-11(12)15/h5-8,10,17H,9H2,1-4H3,(H,16,18). The first kappa shape index (κ1) is 15.6. The Kier molecular flexibility index (Phi) is 5.48. The van der Waals surface area contributed by atoms with Crippen molar-refractivity contribution >= 4 is 23.4 Å². The largest absolute Gasteiger partial charge is 0.444 e. The molecule has 0 aliphatic heterocycles. The van der Waals surface area contributed by atoms with Gasteiger partial charge in [0.15, 0.2) is 0 Å². The van der Waals surface area contributed by atoms with Crippen LogP contribution in [-0.2, 0) is 4.74 Å². The monoisotopic (exact) mass is 284 g/mol. The molecular formula is C14H21ClN2O2. The first-order chi connectivity index (χ1) is 8.78. The lowest BCUT2D eigenvalue weighted by Crippen LogP contribution is -2.38. The van der Waals surface area contributed by atoms with Crippen LogP contribution < -0.4 is 10.6 Å². The van der Waals surface area contributed by atoms with Crippen LogP contribution >= 0.6 is 11.6 Å². The van der Waals surface area contributed by atoms with E-state index in [-0.39, 0.29) is 6.04 Å². The van der Waals surface area contributed by atoms with Gasteiger partial charge in [-0.3, -0.25) is 0 Å². The number of hydrogen-bond acceptors (Lipinski definition) is 3. The van der Waals surface area contributed by atoms with E-state index in [0.717, 1.165) is 5.69 Å². The van der Waals surface area contributed by atoms with Crippen molar-refractivity contribution in [1.82, 2.24) is 5.32 Å². The molecule has 4 nitrogen and oxygen atoms in total. The number of carbonyl (C=O) groups is 1. The molecule has 1 amide bonds. The predicted molar refractivity (Wildman–Crippen MR) is 78.8 cm³/mol. The maximum atomic E-state index is 11.5. The number of alkyl carbamates (subject to hydrolysis) is 1. The Morgan fingerprint density at radius 3 is 2.58 bits per heavy atom. The molecule has 0 aliphatic rings. The van der Waals surface area contributed by atoms with Crippen LogP contribution in [0.25, 0.3) is 0 Å². The van der Waals surface area contributed by atoms with Gasteiger partial charge in [-0.1, -0.05) is 23.7 Å². The van der Waals surface area contributed by atoms with E-state index in [1.54, 1.807) is 0 Å². The summed E-state index contributed by atoms with van der Waals surface area (Å²) in [7, 11) is 0. The van der Waals surface area contributed by atoms with Crippen molar-refractivity contribution < 1.29 is 9.53 Å². The average molecular weight is 285 g/mol. The van der Waals surface area contributed by atoms with E-state index in [1.807, 2.05) is 52.0 Å². The van der Waals surface area contributed by atoms with Gasteiger partial charge in [0.1, 0.15) is 5.60 Å². The smallest absolute Gasteiger partial charge is 0.407 e. The number of para-hydroxylation sites is 1. The van der Waals surface area contributed by atoms with Gasteiger partial charge < -0.3 is 15.4 Å². The Morgan fingerprint density at radius 2 is 2.00 bits per heavy atom. The second-order valence-corrected chi connectivity index (χ2v) is 5.82. The molecule has 0 radical (unpaired) electrons. The molecule has 0 aromatic heterocycles. The third-order valence-corrected chi connectivity index (χ3v) is 2.56. The molecule has 2 N–H and O–H groups in total. The Labute approximate surface area is 119 Å². The number of carbonyl (C=O) groups excluding carboxylic acids is 1. The summed E-state index contributed by atoms with van der Waals surface area (Å²) in [6, 6.07) is 7.54. The molecule has 1 rings (SSSR count). The minimum Gasteiger partial charge on any atom is -0.444 e. The SMILES string of the molecule is CC(CNC(=O)OC(C)(C)C)Nc1ccccc1Cl. The van der Waals surface area contributed by atoms with Crippen molar-refractivity contribution in [2.45, 2.75) is 39.3 Å². The van der Waals surface area contributed by atoms with Gasteiger partial charge in [0.05, 0.1) is 10.7 Å². The molecule has 0 saturated carbocycles. The van der Waals surface area contributed by atoms with Crippen LogP contribution in [0, 0.1) is 0 Å². The lowest BCUT2D eigenvalue weighted by atomic mass is 10.2. The van der Waals surface area contributed by atoms with E-state index >= 15 is 0 Å². The molecule has 1 unspecified atom stereocenters. The number of amides is 1. The zero-order valence-corrected chi connectivity index (χ0v) is 12.5. The van der Waals surface area contributed by atoms with E-state index in [2.05, 4.69) is 10.6 Å². The van der Waals surface area contributed by atoms with E-state index in [0.29, 0.717) is 11.6 Å². The maximum absolute atomic E-state index is 11.5. The van der Waals surface area contributed by atoms with Crippen molar-refractivity contribution in [3.63, 3.8) is 0 Å². The summed E-state index contributed by atoms with van der Waals surface area (Å²) >= 11 is 6.04. The van der Waals surface area contributed by atoms with Crippen molar-refractivity contribution in [1.29, 1.82) is 0 Å². The van der Waals surface area contributed by atoms with Gasteiger partial charge >= 0.3 is 6.09 Å². The predicted octanol–water partition coefficient (Wildman–Crippen LogP) is 3.67. The van der Waals surface area contributed by atoms with Crippen molar-refractivity contribution in [3.8, 4) is 0 Å². The summed E-state index contributed by atoms with van der Waals surface area (Å²) in [5, 5.41) is 6.60. The number of halogens is 1. The quantitative estimate of drug-likeness (QED) is 0.887. The zero-order chi connectivity index (χ0) is 14.5. The fourth-order valence-corrected chi connectivity index (χ4v) is 1.64. The van der Waals surface area contributed by atoms with Gasteiger partial charge in [-0.15, -0.1) is 0 Å². The normalized spacial score (nSPS) is 12.7. The van der Waals surface area contributed by atoms with Crippen LogP contribution in [0.5, 0.6) is 0 Å². The van der Waals surface area contributed by atoms with Crippen molar-refractivity contribution in [2.75, 3.05) is 11.9 Å². The van der Waals surface area contributed by atoms with Crippen molar-refractivity contribution in [3.05, 3.63) is 29.3 Å². The van der Waals surface area contributed by atoms with Crippen LogP contribution in [0.3, 0.4) is 0 Å². The second kappa shape index (κ2) is 6.66. The van der Waals surface area contributed by atoms with E-state index < -0.39 is 11.7 Å². The fraction of sp³-hybridized carbons (Fsp3) is 0.500. The number of rotatable bonds is 4. The van der Waals surface area contributed by atoms with Crippen LogP contribution in [-0.4, -0.2) is 24.3 Å². The minimum atomic E-state index is -0.483. The van der Waals surface area contributed by atoms with E-state index in [1.165, 1.54) is 0 Å². The first-order valence-electron chi connectivity index (χ1n) is 6.26. The fourth-order valence-electron chi connectivity index (χ4n) is 1.45. The second-order valence-electron chi connectivity index (χ2n) is 5.41. The summed E-state index contributed by atoms with van der Waals surface area (Å²) in [5.74, 6) is 0. The molecule has 19 heavy (non-hydrogen) atoms. The third-order valence-electron chi connectivity index (χ3n) is 2.23. The number of hydrogen-bond donors (Lipinski definition) is 2. The van der Waals surface area contributed by atoms with Crippen LogP contribution in [0.1, 0.15) is 27.7 Å². The maximum Gasteiger partial charge on any atom is 0.407 e. The molecule has 1 atom stereocenters. The van der Waals surface area contributed by atoms with Gasteiger partial charge in [0, 0.05) is 12.6 Å². The lowest BCUT2D eigenvalue weighted by molar-refractivity contribution is 0.0526. The summed E-state index contributed by atoms with van der Waals surface area (Å²) in [6.45, 7) is 7.91. The summed E-state index contributed by atoms with van der Waals surface area (Å²) in [6.07, 6.45) is -0.416. The highest BCUT2D eigenvalue weighted by Gasteiger charge is 2.16. The molecule has 0 heterocycles. The highest BCUT2D eigenvalue weighted by molar-refractivity contribution is 6.33. The average Bonchev–Trinajstić information content (AvgIpc) is 2.27.